The molecule has 2 aromatic carbocycles. The lowest BCUT2D eigenvalue weighted by Crippen LogP contribution is -2.41. The van der Waals surface area contributed by atoms with Crippen molar-refractivity contribution in [1.82, 2.24) is 10.3 Å². The molecule has 0 spiro atoms. The molecule has 3 rings (SSSR count). The number of para-hydroxylation sites is 1. The van der Waals surface area contributed by atoms with Gasteiger partial charge in [0.05, 0.1) is 6.54 Å². The van der Waals surface area contributed by atoms with Gasteiger partial charge in [0.2, 0.25) is 0 Å². The fourth-order valence-electron chi connectivity index (χ4n) is 2.85. The van der Waals surface area contributed by atoms with Crippen molar-refractivity contribution in [3.63, 3.8) is 0 Å². The number of benzene rings is 2. The first-order chi connectivity index (χ1) is 12.7. The van der Waals surface area contributed by atoms with Gasteiger partial charge in [-0.3, -0.25) is 9.88 Å². The van der Waals surface area contributed by atoms with E-state index in [1.807, 2.05) is 68.4 Å². The number of amides is 2. The minimum atomic E-state index is -0.127. The standard InChI is InChI=1S/C21H23N3O2/c1-3-24(18-10-4-7-16(2)15-18)21(25)23-13-14-26-19-11-5-8-17-9-6-12-22-20(17)19/h4-12,15H,3,13-14H2,1-2H3,(H,23,25). The average molecular weight is 349 g/mol. The molecule has 3 aromatic rings. The van der Waals surface area contributed by atoms with Crippen molar-refractivity contribution in [1.29, 1.82) is 0 Å². The van der Waals surface area contributed by atoms with Crippen LogP contribution >= 0.6 is 0 Å². The SMILES string of the molecule is CCN(C(=O)NCCOc1cccc2cccnc12)c1cccc(C)c1. The summed E-state index contributed by atoms with van der Waals surface area (Å²) >= 11 is 0. The van der Waals surface area contributed by atoms with Crippen LogP contribution in [-0.4, -0.2) is 30.7 Å². The molecule has 0 atom stereocenters. The van der Waals surface area contributed by atoms with Gasteiger partial charge in [-0.05, 0) is 43.7 Å². The van der Waals surface area contributed by atoms with Gasteiger partial charge in [-0.1, -0.05) is 30.3 Å². The summed E-state index contributed by atoms with van der Waals surface area (Å²) < 4.78 is 5.81. The Labute approximate surface area is 153 Å². The maximum absolute atomic E-state index is 12.5. The first kappa shape index (κ1) is 17.7. The number of ether oxygens (including phenoxy) is 1. The van der Waals surface area contributed by atoms with E-state index in [0.717, 1.165) is 27.9 Å². The van der Waals surface area contributed by atoms with Gasteiger partial charge in [-0.25, -0.2) is 4.79 Å². The summed E-state index contributed by atoms with van der Waals surface area (Å²) in [5.74, 6) is 0.725. The van der Waals surface area contributed by atoms with Crippen molar-refractivity contribution >= 4 is 22.6 Å². The molecule has 1 aromatic heterocycles. The monoisotopic (exact) mass is 349 g/mol. The largest absolute Gasteiger partial charge is 0.489 e. The fraction of sp³-hybridized carbons (Fsp3) is 0.238. The third-order valence-electron chi connectivity index (χ3n) is 4.11. The predicted molar refractivity (Wildman–Crippen MR) is 105 cm³/mol. The number of aryl methyl sites for hydroxylation is 1. The Kier molecular flexibility index (Phi) is 5.69. The van der Waals surface area contributed by atoms with Gasteiger partial charge < -0.3 is 10.1 Å². The zero-order valence-corrected chi connectivity index (χ0v) is 15.1. The summed E-state index contributed by atoms with van der Waals surface area (Å²) in [6.45, 7) is 5.38. The van der Waals surface area contributed by atoms with Gasteiger partial charge in [0, 0.05) is 23.8 Å². The summed E-state index contributed by atoms with van der Waals surface area (Å²) in [5, 5.41) is 3.94. The summed E-state index contributed by atoms with van der Waals surface area (Å²) in [5.41, 5.74) is 2.85. The summed E-state index contributed by atoms with van der Waals surface area (Å²) in [6, 6.07) is 17.5. The van der Waals surface area contributed by atoms with Crippen molar-refractivity contribution in [3.8, 4) is 5.75 Å². The second-order valence-corrected chi connectivity index (χ2v) is 5.99. The van der Waals surface area contributed by atoms with Gasteiger partial charge in [0.1, 0.15) is 17.9 Å². The molecule has 1 N–H and O–H groups in total. The van der Waals surface area contributed by atoms with E-state index in [1.54, 1.807) is 11.1 Å². The molecule has 0 bridgehead atoms. The van der Waals surface area contributed by atoms with Crippen LogP contribution < -0.4 is 15.0 Å². The molecule has 5 heteroatoms. The quantitative estimate of drug-likeness (QED) is 0.680. The van der Waals surface area contributed by atoms with Crippen LogP contribution in [0.3, 0.4) is 0 Å². The van der Waals surface area contributed by atoms with E-state index in [2.05, 4.69) is 10.3 Å². The van der Waals surface area contributed by atoms with Crippen molar-refractivity contribution < 1.29 is 9.53 Å². The van der Waals surface area contributed by atoms with Crippen LogP contribution in [0.4, 0.5) is 10.5 Å². The molecule has 0 unspecified atom stereocenters. The van der Waals surface area contributed by atoms with E-state index in [4.69, 9.17) is 4.74 Å². The molecule has 134 valence electrons. The molecule has 5 nitrogen and oxygen atoms in total. The number of carbonyl (C=O) groups is 1. The van der Waals surface area contributed by atoms with E-state index in [0.29, 0.717) is 19.7 Å². The predicted octanol–water partition coefficient (Wildman–Crippen LogP) is 4.16. The van der Waals surface area contributed by atoms with E-state index in [9.17, 15) is 4.79 Å². The van der Waals surface area contributed by atoms with E-state index in [-0.39, 0.29) is 6.03 Å². The Bertz CT molecular complexity index is 890. The second kappa shape index (κ2) is 8.34. The van der Waals surface area contributed by atoms with Gasteiger partial charge in [-0.2, -0.15) is 0 Å². The maximum Gasteiger partial charge on any atom is 0.321 e. The highest BCUT2D eigenvalue weighted by molar-refractivity contribution is 5.92. The Morgan fingerprint density at radius 1 is 1.15 bits per heavy atom. The Morgan fingerprint density at radius 3 is 2.77 bits per heavy atom. The minimum Gasteiger partial charge on any atom is -0.489 e. The molecule has 1 heterocycles. The average Bonchev–Trinajstić information content (AvgIpc) is 2.66. The van der Waals surface area contributed by atoms with Crippen LogP contribution in [-0.2, 0) is 0 Å². The van der Waals surface area contributed by atoms with Gasteiger partial charge in [-0.15, -0.1) is 0 Å². The lowest BCUT2D eigenvalue weighted by molar-refractivity contribution is 0.242. The van der Waals surface area contributed by atoms with Crippen molar-refractivity contribution in [2.45, 2.75) is 13.8 Å². The highest BCUT2D eigenvalue weighted by Crippen LogP contribution is 2.22. The van der Waals surface area contributed by atoms with E-state index in [1.165, 1.54) is 0 Å². The van der Waals surface area contributed by atoms with Crippen LogP contribution in [0.2, 0.25) is 0 Å². The van der Waals surface area contributed by atoms with Gasteiger partial charge in [0.25, 0.3) is 0 Å². The van der Waals surface area contributed by atoms with Crippen molar-refractivity contribution in [2.24, 2.45) is 0 Å². The molecule has 0 saturated heterocycles. The smallest absolute Gasteiger partial charge is 0.321 e. The first-order valence-electron chi connectivity index (χ1n) is 8.77. The highest BCUT2D eigenvalue weighted by atomic mass is 16.5. The highest BCUT2D eigenvalue weighted by Gasteiger charge is 2.13. The van der Waals surface area contributed by atoms with Crippen LogP contribution in [0.15, 0.2) is 60.8 Å². The molecular weight excluding hydrogens is 326 g/mol. The molecular formula is C21H23N3O2. The lowest BCUT2D eigenvalue weighted by Gasteiger charge is -2.22. The number of anilines is 1. The van der Waals surface area contributed by atoms with Crippen LogP contribution in [0.5, 0.6) is 5.75 Å². The van der Waals surface area contributed by atoms with Crippen LogP contribution in [0, 0.1) is 6.92 Å². The molecule has 0 radical (unpaired) electrons. The molecule has 26 heavy (non-hydrogen) atoms. The molecule has 0 saturated carbocycles. The number of rotatable bonds is 6. The van der Waals surface area contributed by atoms with Crippen LogP contribution in [0.25, 0.3) is 10.9 Å². The normalized spacial score (nSPS) is 10.5. The summed E-state index contributed by atoms with van der Waals surface area (Å²) in [6.07, 6.45) is 1.75. The number of hydrogen-bond acceptors (Lipinski definition) is 3. The fourth-order valence-corrected chi connectivity index (χ4v) is 2.85. The first-order valence-corrected chi connectivity index (χ1v) is 8.77. The topological polar surface area (TPSA) is 54.5 Å². The number of carbonyl (C=O) groups excluding carboxylic acids is 1. The van der Waals surface area contributed by atoms with Crippen molar-refractivity contribution in [3.05, 3.63) is 66.4 Å². The number of fused-ring (bicyclic) bond motifs is 1. The number of urea groups is 1. The number of aromatic nitrogens is 1. The number of hydrogen-bond donors (Lipinski definition) is 1. The molecule has 2 amide bonds. The molecule has 0 aliphatic heterocycles. The zero-order chi connectivity index (χ0) is 18.4. The minimum absolute atomic E-state index is 0.127. The Hall–Kier alpha value is -3.08. The zero-order valence-electron chi connectivity index (χ0n) is 15.1. The van der Waals surface area contributed by atoms with Crippen LogP contribution in [0.1, 0.15) is 12.5 Å². The summed E-state index contributed by atoms with van der Waals surface area (Å²) in [7, 11) is 0. The maximum atomic E-state index is 12.5. The Morgan fingerprint density at radius 2 is 1.96 bits per heavy atom. The number of nitrogens with zero attached hydrogens (tertiary/aromatic N) is 2. The van der Waals surface area contributed by atoms with Gasteiger partial charge in [0.15, 0.2) is 0 Å². The molecule has 0 fully saturated rings. The lowest BCUT2D eigenvalue weighted by atomic mass is 10.2. The van der Waals surface area contributed by atoms with E-state index >= 15 is 0 Å². The molecule has 0 aliphatic rings. The third-order valence-corrected chi connectivity index (χ3v) is 4.11. The second-order valence-electron chi connectivity index (χ2n) is 5.99. The molecule has 0 aliphatic carbocycles. The van der Waals surface area contributed by atoms with E-state index < -0.39 is 0 Å². The van der Waals surface area contributed by atoms with Gasteiger partial charge >= 0.3 is 6.03 Å². The number of nitrogens with one attached hydrogen (secondary N) is 1. The number of pyridine rings is 1. The Balaban J connectivity index is 1.56. The van der Waals surface area contributed by atoms with Crippen molar-refractivity contribution in [2.75, 3.05) is 24.6 Å². The third kappa shape index (κ3) is 4.11. The summed E-state index contributed by atoms with van der Waals surface area (Å²) in [4.78, 5) is 18.5.